The number of carbonyl (C=O) groups excluding carboxylic acids is 1. The SMILES string of the molecule is Cc1ccc(-c2cc(Nc3ccc(C(=O)NCC4CCCO4)cc3)ncn2)cc1. The maximum atomic E-state index is 12.3. The highest BCUT2D eigenvalue weighted by atomic mass is 16.5. The van der Waals surface area contributed by atoms with Gasteiger partial charge in [-0.2, -0.15) is 0 Å². The predicted octanol–water partition coefficient (Wildman–Crippen LogP) is 4.10. The van der Waals surface area contributed by atoms with Crippen LogP contribution in [0.2, 0.25) is 0 Å². The van der Waals surface area contributed by atoms with E-state index in [1.54, 1.807) is 18.5 Å². The van der Waals surface area contributed by atoms with Crippen molar-refractivity contribution in [3.05, 3.63) is 72.1 Å². The van der Waals surface area contributed by atoms with Gasteiger partial charge in [-0.1, -0.05) is 29.8 Å². The van der Waals surface area contributed by atoms with Gasteiger partial charge in [-0.25, -0.2) is 9.97 Å². The molecule has 1 atom stereocenters. The fourth-order valence-electron chi connectivity index (χ4n) is 3.27. The number of nitrogens with one attached hydrogen (secondary N) is 2. The van der Waals surface area contributed by atoms with Crippen molar-refractivity contribution in [2.75, 3.05) is 18.5 Å². The first-order valence-electron chi connectivity index (χ1n) is 9.83. The van der Waals surface area contributed by atoms with Gasteiger partial charge < -0.3 is 15.4 Å². The van der Waals surface area contributed by atoms with E-state index in [2.05, 4.69) is 39.7 Å². The van der Waals surface area contributed by atoms with Crippen LogP contribution in [0.1, 0.15) is 28.8 Å². The first-order chi connectivity index (χ1) is 14.2. The molecular weight excluding hydrogens is 364 g/mol. The van der Waals surface area contributed by atoms with E-state index < -0.39 is 0 Å². The van der Waals surface area contributed by atoms with Gasteiger partial charge in [0.2, 0.25) is 0 Å². The van der Waals surface area contributed by atoms with Crippen LogP contribution in [0.3, 0.4) is 0 Å². The van der Waals surface area contributed by atoms with Crippen LogP contribution >= 0.6 is 0 Å². The van der Waals surface area contributed by atoms with E-state index in [4.69, 9.17) is 4.74 Å². The molecule has 1 saturated heterocycles. The molecule has 2 heterocycles. The lowest BCUT2D eigenvalue weighted by atomic mass is 10.1. The number of benzene rings is 2. The number of aromatic nitrogens is 2. The summed E-state index contributed by atoms with van der Waals surface area (Å²) in [6.07, 6.45) is 3.76. The van der Waals surface area contributed by atoms with Crippen molar-refractivity contribution in [3.8, 4) is 11.3 Å². The van der Waals surface area contributed by atoms with E-state index in [1.807, 2.05) is 30.3 Å². The summed E-state index contributed by atoms with van der Waals surface area (Å²) < 4.78 is 5.54. The highest BCUT2D eigenvalue weighted by molar-refractivity contribution is 5.94. The van der Waals surface area contributed by atoms with Crippen LogP contribution in [0.25, 0.3) is 11.3 Å². The average molecular weight is 388 g/mol. The Morgan fingerprint density at radius 2 is 1.90 bits per heavy atom. The number of nitrogens with zero attached hydrogens (tertiary/aromatic N) is 2. The molecule has 29 heavy (non-hydrogen) atoms. The van der Waals surface area contributed by atoms with E-state index in [9.17, 15) is 4.79 Å². The number of amides is 1. The largest absolute Gasteiger partial charge is 0.376 e. The number of hydrogen-bond donors (Lipinski definition) is 2. The molecule has 4 rings (SSSR count). The van der Waals surface area contributed by atoms with Gasteiger partial charge in [-0.15, -0.1) is 0 Å². The van der Waals surface area contributed by atoms with Crippen molar-refractivity contribution in [1.29, 1.82) is 0 Å². The number of anilines is 2. The van der Waals surface area contributed by atoms with Crippen LogP contribution in [0.4, 0.5) is 11.5 Å². The Morgan fingerprint density at radius 1 is 1.10 bits per heavy atom. The topological polar surface area (TPSA) is 76.1 Å². The van der Waals surface area contributed by atoms with E-state index in [0.717, 1.165) is 36.4 Å². The van der Waals surface area contributed by atoms with Crippen molar-refractivity contribution < 1.29 is 9.53 Å². The Bertz CT molecular complexity index is 965. The van der Waals surface area contributed by atoms with E-state index in [0.29, 0.717) is 17.9 Å². The fourth-order valence-corrected chi connectivity index (χ4v) is 3.27. The summed E-state index contributed by atoms with van der Waals surface area (Å²) in [5.41, 5.74) is 4.58. The molecule has 6 heteroatoms. The van der Waals surface area contributed by atoms with Crippen LogP contribution in [0.5, 0.6) is 0 Å². The molecule has 2 N–H and O–H groups in total. The van der Waals surface area contributed by atoms with Gasteiger partial charge in [-0.05, 0) is 44.0 Å². The standard InChI is InChI=1S/C23H24N4O2/c1-16-4-6-17(7-5-16)21-13-22(26-15-25-21)27-19-10-8-18(9-11-19)23(28)24-14-20-3-2-12-29-20/h4-11,13,15,20H,2-3,12,14H2,1H3,(H,24,28)(H,25,26,27). The monoisotopic (exact) mass is 388 g/mol. The zero-order valence-corrected chi connectivity index (χ0v) is 16.4. The number of hydrogen-bond acceptors (Lipinski definition) is 5. The lowest BCUT2D eigenvalue weighted by molar-refractivity contribution is 0.0858. The van der Waals surface area contributed by atoms with Crippen LogP contribution in [-0.2, 0) is 4.74 Å². The molecule has 0 bridgehead atoms. The first kappa shape index (κ1) is 19.1. The summed E-state index contributed by atoms with van der Waals surface area (Å²) in [6, 6.07) is 17.5. The molecular formula is C23H24N4O2. The van der Waals surface area contributed by atoms with Gasteiger partial charge >= 0.3 is 0 Å². The lowest BCUT2D eigenvalue weighted by Crippen LogP contribution is -2.31. The molecule has 1 amide bonds. The van der Waals surface area contributed by atoms with Crippen LogP contribution in [0.15, 0.2) is 60.9 Å². The summed E-state index contributed by atoms with van der Waals surface area (Å²) >= 11 is 0. The maximum Gasteiger partial charge on any atom is 0.251 e. The van der Waals surface area contributed by atoms with Crippen LogP contribution in [-0.4, -0.2) is 35.1 Å². The lowest BCUT2D eigenvalue weighted by Gasteiger charge is -2.11. The molecule has 1 aliphatic rings. The summed E-state index contributed by atoms with van der Waals surface area (Å²) in [4.78, 5) is 20.9. The minimum absolute atomic E-state index is 0.0873. The smallest absolute Gasteiger partial charge is 0.251 e. The van der Waals surface area contributed by atoms with Gasteiger partial charge in [0.05, 0.1) is 11.8 Å². The Balaban J connectivity index is 1.39. The van der Waals surface area contributed by atoms with Gasteiger partial charge in [0.15, 0.2) is 0 Å². The molecule has 0 spiro atoms. The van der Waals surface area contributed by atoms with E-state index >= 15 is 0 Å². The first-order valence-corrected chi connectivity index (χ1v) is 9.83. The van der Waals surface area contributed by atoms with Crippen LogP contribution < -0.4 is 10.6 Å². The predicted molar refractivity (Wildman–Crippen MR) is 113 cm³/mol. The van der Waals surface area contributed by atoms with Gasteiger partial charge in [-0.3, -0.25) is 4.79 Å². The molecule has 1 aromatic heterocycles. The second-order valence-corrected chi connectivity index (χ2v) is 7.20. The molecule has 0 saturated carbocycles. The Kier molecular flexibility index (Phi) is 5.81. The second kappa shape index (κ2) is 8.84. The van der Waals surface area contributed by atoms with Gasteiger partial charge in [0, 0.05) is 36.0 Å². The summed E-state index contributed by atoms with van der Waals surface area (Å²) in [6.45, 7) is 3.40. The van der Waals surface area contributed by atoms with Crippen molar-refractivity contribution in [3.63, 3.8) is 0 Å². The summed E-state index contributed by atoms with van der Waals surface area (Å²) in [5.74, 6) is 0.613. The molecule has 6 nitrogen and oxygen atoms in total. The summed E-state index contributed by atoms with van der Waals surface area (Å²) in [5, 5.41) is 6.20. The molecule has 2 aromatic carbocycles. The van der Waals surface area contributed by atoms with Gasteiger partial charge in [0.25, 0.3) is 5.91 Å². The van der Waals surface area contributed by atoms with Crippen molar-refractivity contribution in [2.45, 2.75) is 25.9 Å². The normalized spacial score (nSPS) is 15.8. The Morgan fingerprint density at radius 3 is 2.62 bits per heavy atom. The molecule has 1 unspecified atom stereocenters. The third-order valence-electron chi connectivity index (χ3n) is 4.95. The molecule has 0 radical (unpaired) electrons. The minimum Gasteiger partial charge on any atom is -0.376 e. The van der Waals surface area contributed by atoms with Crippen molar-refractivity contribution in [1.82, 2.24) is 15.3 Å². The molecule has 148 valence electrons. The zero-order chi connectivity index (χ0) is 20.1. The minimum atomic E-state index is -0.0873. The molecule has 0 aliphatic carbocycles. The Hall–Kier alpha value is -3.25. The summed E-state index contributed by atoms with van der Waals surface area (Å²) in [7, 11) is 0. The Labute approximate surface area is 170 Å². The second-order valence-electron chi connectivity index (χ2n) is 7.20. The highest BCUT2D eigenvalue weighted by Crippen LogP contribution is 2.21. The van der Waals surface area contributed by atoms with Crippen molar-refractivity contribution >= 4 is 17.4 Å². The quantitative estimate of drug-likeness (QED) is 0.665. The molecule has 1 fully saturated rings. The molecule has 1 aliphatic heterocycles. The zero-order valence-electron chi connectivity index (χ0n) is 16.4. The van der Waals surface area contributed by atoms with E-state index in [-0.39, 0.29) is 12.0 Å². The van der Waals surface area contributed by atoms with Crippen molar-refractivity contribution in [2.24, 2.45) is 0 Å². The fraction of sp³-hybridized carbons (Fsp3) is 0.261. The number of carbonyl (C=O) groups is 1. The highest BCUT2D eigenvalue weighted by Gasteiger charge is 2.16. The average Bonchev–Trinajstić information content (AvgIpc) is 3.27. The van der Waals surface area contributed by atoms with E-state index in [1.165, 1.54) is 5.56 Å². The third kappa shape index (κ3) is 4.97. The van der Waals surface area contributed by atoms with Gasteiger partial charge in [0.1, 0.15) is 12.1 Å². The number of aryl methyl sites for hydroxylation is 1. The molecule has 3 aromatic rings. The van der Waals surface area contributed by atoms with Crippen LogP contribution in [0, 0.1) is 6.92 Å². The number of ether oxygens (including phenoxy) is 1. The maximum absolute atomic E-state index is 12.3. The number of rotatable bonds is 6. The third-order valence-corrected chi connectivity index (χ3v) is 4.95.